The summed E-state index contributed by atoms with van der Waals surface area (Å²) in [5.41, 5.74) is 0.892. The monoisotopic (exact) mass is 395 g/mol. The molecule has 1 N–H and O–H groups in total. The normalized spacial score (nSPS) is 23.1. The van der Waals surface area contributed by atoms with E-state index in [1.807, 2.05) is 42.4 Å². The van der Waals surface area contributed by atoms with Crippen LogP contribution in [-0.2, 0) is 16.1 Å². The predicted molar refractivity (Wildman–Crippen MR) is 112 cm³/mol. The van der Waals surface area contributed by atoms with Crippen molar-refractivity contribution in [3.8, 4) is 0 Å². The van der Waals surface area contributed by atoms with Gasteiger partial charge in [-0.15, -0.1) is 0 Å². The SMILES string of the molecule is CN1C[C@@H](NC(=O)Cn2cc3ccccc3n2)CC[C@@H](C(=O)N2CC=CCC2)C1. The Morgan fingerprint density at radius 2 is 2.03 bits per heavy atom. The molecule has 7 nitrogen and oxygen atoms in total. The van der Waals surface area contributed by atoms with E-state index >= 15 is 0 Å². The number of amides is 2. The second kappa shape index (κ2) is 8.78. The number of carbonyl (C=O) groups is 2. The Morgan fingerprint density at radius 3 is 2.83 bits per heavy atom. The van der Waals surface area contributed by atoms with Crippen molar-refractivity contribution in [2.45, 2.75) is 31.8 Å². The van der Waals surface area contributed by atoms with Gasteiger partial charge in [-0.25, -0.2) is 0 Å². The molecule has 4 rings (SSSR count). The zero-order valence-electron chi connectivity index (χ0n) is 17.0. The molecule has 1 saturated heterocycles. The highest BCUT2D eigenvalue weighted by Gasteiger charge is 2.30. The number of hydrogen-bond acceptors (Lipinski definition) is 4. The molecule has 2 aromatic rings. The first-order chi connectivity index (χ1) is 14.1. The van der Waals surface area contributed by atoms with E-state index in [0.29, 0.717) is 0 Å². The summed E-state index contributed by atoms with van der Waals surface area (Å²) in [6.45, 7) is 3.25. The fraction of sp³-hybridized carbons (Fsp3) is 0.500. The molecule has 1 aromatic heterocycles. The highest BCUT2D eigenvalue weighted by molar-refractivity contribution is 5.80. The van der Waals surface area contributed by atoms with Crippen molar-refractivity contribution in [2.24, 2.45) is 5.92 Å². The van der Waals surface area contributed by atoms with E-state index in [0.717, 1.165) is 56.3 Å². The number of nitrogens with one attached hydrogen (secondary N) is 1. The molecule has 0 radical (unpaired) electrons. The fourth-order valence-corrected chi connectivity index (χ4v) is 4.35. The van der Waals surface area contributed by atoms with Crippen LogP contribution in [0.3, 0.4) is 0 Å². The molecule has 1 aromatic carbocycles. The molecule has 0 saturated carbocycles. The van der Waals surface area contributed by atoms with Gasteiger partial charge >= 0.3 is 0 Å². The van der Waals surface area contributed by atoms with Crippen LogP contribution in [0.4, 0.5) is 0 Å². The predicted octanol–water partition coefficient (Wildman–Crippen LogP) is 1.65. The van der Waals surface area contributed by atoms with Crippen molar-refractivity contribution in [2.75, 3.05) is 33.2 Å². The molecule has 2 amide bonds. The number of likely N-dealkylation sites (N-methyl/N-ethyl adjacent to an activating group) is 1. The van der Waals surface area contributed by atoms with Crippen molar-refractivity contribution in [1.29, 1.82) is 0 Å². The highest BCUT2D eigenvalue weighted by Crippen LogP contribution is 2.20. The van der Waals surface area contributed by atoms with Crippen molar-refractivity contribution in [3.63, 3.8) is 0 Å². The van der Waals surface area contributed by atoms with Gasteiger partial charge in [0.05, 0.1) is 11.4 Å². The molecule has 0 aliphatic carbocycles. The van der Waals surface area contributed by atoms with E-state index < -0.39 is 0 Å². The molecule has 154 valence electrons. The van der Waals surface area contributed by atoms with Crippen LogP contribution in [0.15, 0.2) is 42.6 Å². The Bertz CT molecular complexity index is 872. The molecular weight excluding hydrogens is 366 g/mol. The van der Waals surface area contributed by atoms with Gasteiger partial charge in [0.2, 0.25) is 11.8 Å². The van der Waals surface area contributed by atoms with Gasteiger partial charge in [0.25, 0.3) is 0 Å². The third kappa shape index (κ3) is 4.85. The summed E-state index contributed by atoms with van der Waals surface area (Å²) in [6, 6.07) is 7.90. The van der Waals surface area contributed by atoms with Crippen molar-refractivity contribution in [3.05, 3.63) is 42.6 Å². The van der Waals surface area contributed by atoms with Gasteiger partial charge in [0.15, 0.2) is 0 Å². The summed E-state index contributed by atoms with van der Waals surface area (Å²) >= 11 is 0. The number of likely N-dealkylation sites (tertiary alicyclic amines) is 1. The Balaban J connectivity index is 1.32. The van der Waals surface area contributed by atoms with E-state index in [2.05, 4.69) is 27.5 Å². The van der Waals surface area contributed by atoms with Crippen LogP contribution in [0, 0.1) is 5.92 Å². The Labute approximate surface area is 171 Å². The molecule has 0 spiro atoms. The summed E-state index contributed by atoms with van der Waals surface area (Å²) < 4.78 is 1.69. The smallest absolute Gasteiger partial charge is 0.241 e. The summed E-state index contributed by atoms with van der Waals surface area (Å²) in [4.78, 5) is 29.6. The average molecular weight is 396 g/mol. The minimum absolute atomic E-state index is 0.00446. The lowest BCUT2D eigenvalue weighted by atomic mass is 9.99. The Kier molecular flexibility index (Phi) is 5.94. The first-order valence-corrected chi connectivity index (χ1v) is 10.4. The van der Waals surface area contributed by atoms with Gasteiger partial charge in [-0.3, -0.25) is 14.3 Å². The topological polar surface area (TPSA) is 70.5 Å². The number of hydrogen-bond donors (Lipinski definition) is 1. The lowest BCUT2D eigenvalue weighted by molar-refractivity contribution is -0.135. The molecule has 7 heteroatoms. The highest BCUT2D eigenvalue weighted by atomic mass is 16.2. The average Bonchev–Trinajstić information content (AvgIpc) is 3.03. The Hall–Kier alpha value is -2.67. The second-order valence-electron chi connectivity index (χ2n) is 8.19. The van der Waals surface area contributed by atoms with Crippen LogP contribution in [0.25, 0.3) is 10.9 Å². The molecule has 0 bridgehead atoms. The van der Waals surface area contributed by atoms with Crippen LogP contribution in [0.1, 0.15) is 19.3 Å². The molecule has 0 unspecified atom stereocenters. The summed E-state index contributed by atoms with van der Waals surface area (Å²) in [6.07, 6.45) is 8.67. The van der Waals surface area contributed by atoms with Gasteiger partial charge in [0.1, 0.15) is 6.54 Å². The minimum Gasteiger partial charge on any atom is -0.350 e. The summed E-state index contributed by atoms with van der Waals surface area (Å²) in [5, 5.41) is 8.63. The van der Waals surface area contributed by atoms with Crippen LogP contribution >= 0.6 is 0 Å². The molecule has 2 aliphatic rings. The van der Waals surface area contributed by atoms with E-state index in [1.165, 1.54) is 0 Å². The van der Waals surface area contributed by atoms with Crippen molar-refractivity contribution >= 4 is 22.7 Å². The first kappa shape index (κ1) is 19.6. The second-order valence-corrected chi connectivity index (χ2v) is 8.19. The summed E-state index contributed by atoms with van der Waals surface area (Å²) in [5.74, 6) is 0.211. The van der Waals surface area contributed by atoms with Gasteiger partial charge in [-0.05, 0) is 32.4 Å². The van der Waals surface area contributed by atoms with Crippen molar-refractivity contribution < 1.29 is 9.59 Å². The van der Waals surface area contributed by atoms with Crippen LogP contribution < -0.4 is 5.32 Å². The molecule has 2 aliphatic heterocycles. The summed E-state index contributed by atoms with van der Waals surface area (Å²) in [7, 11) is 2.03. The van der Waals surface area contributed by atoms with E-state index in [9.17, 15) is 9.59 Å². The molecule has 1 fully saturated rings. The third-order valence-electron chi connectivity index (χ3n) is 5.78. The zero-order valence-corrected chi connectivity index (χ0v) is 17.0. The van der Waals surface area contributed by atoms with E-state index in [4.69, 9.17) is 0 Å². The van der Waals surface area contributed by atoms with Crippen LogP contribution in [0.5, 0.6) is 0 Å². The van der Waals surface area contributed by atoms with Crippen LogP contribution in [-0.4, -0.2) is 70.7 Å². The van der Waals surface area contributed by atoms with Gasteiger partial charge in [0, 0.05) is 43.8 Å². The van der Waals surface area contributed by atoms with E-state index in [1.54, 1.807) is 4.68 Å². The zero-order chi connectivity index (χ0) is 20.2. The first-order valence-electron chi connectivity index (χ1n) is 10.4. The lowest BCUT2D eigenvalue weighted by Crippen LogP contribution is -2.43. The molecule has 2 atom stereocenters. The number of benzene rings is 1. The third-order valence-corrected chi connectivity index (χ3v) is 5.78. The largest absolute Gasteiger partial charge is 0.350 e. The maximum Gasteiger partial charge on any atom is 0.241 e. The number of aromatic nitrogens is 2. The quantitative estimate of drug-likeness (QED) is 0.800. The molecule has 29 heavy (non-hydrogen) atoms. The maximum atomic E-state index is 12.9. The number of fused-ring (bicyclic) bond motifs is 1. The van der Waals surface area contributed by atoms with Gasteiger partial charge in [-0.1, -0.05) is 30.4 Å². The molecular formula is C22H29N5O2. The standard InChI is InChI=1S/C22H29N5O2/c1-25-13-18(22(29)26-11-5-2-6-12-26)9-10-19(15-25)23-21(28)16-27-14-17-7-3-4-8-20(17)24-27/h2-5,7-8,14,18-19H,6,9-13,15-16H2,1H3,(H,23,28)/t18-,19+/m1/s1. The maximum absolute atomic E-state index is 12.9. The number of nitrogens with zero attached hydrogens (tertiary/aromatic N) is 4. The Morgan fingerprint density at radius 1 is 1.17 bits per heavy atom. The van der Waals surface area contributed by atoms with Crippen LogP contribution in [0.2, 0.25) is 0 Å². The van der Waals surface area contributed by atoms with Gasteiger partial charge < -0.3 is 15.1 Å². The number of carbonyl (C=O) groups excluding carboxylic acids is 2. The molecule has 3 heterocycles. The lowest BCUT2D eigenvalue weighted by Gasteiger charge is -2.28. The fourth-order valence-electron chi connectivity index (χ4n) is 4.35. The van der Waals surface area contributed by atoms with E-state index in [-0.39, 0.29) is 30.3 Å². The van der Waals surface area contributed by atoms with Crippen molar-refractivity contribution in [1.82, 2.24) is 24.9 Å². The van der Waals surface area contributed by atoms with Gasteiger partial charge in [-0.2, -0.15) is 5.10 Å². The minimum atomic E-state index is -0.0397. The number of rotatable bonds is 4.